The number of amides is 1. The van der Waals surface area contributed by atoms with Gasteiger partial charge in [0.05, 0.1) is 16.4 Å². The minimum Gasteiger partial charge on any atom is -0.367 e. The molecule has 100 valence electrons. The Labute approximate surface area is 116 Å². The molecular weight excluding hydrogens is 266 g/mol. The molecule has 1 aromatic carbocycles. The molecule has 0 spiro atoms. The van der Waals surface area contributed by atoms with Crippen molar-refractivity contribution in [3.8, 4) is 0 Å². The van der Waals surface area contributed by atoms with Crippen molar-refractivity contribution in [2.24, 2.45) is 4.99 Å². The van der Waals surface area contributed by atoms with Crippen LogP contribution in [-0.2, 0) is 9.59 Å². The Morgan fingerprint density at radius 1 is 1.32 bits per heavy atom. The van der Waals surface area contributed by atoms with Crippen molar-refractivity contribution in [3.63, 3.8) is 0 Å². The van der Waals surface area contributed by atoms with E-state index in [9.17, 15) is 9.59 Å². The molecule has 1 aliphatic rings. The van der Waals surface area contributed by atoms with Crippen LogP contribution >= 0.6 is 11.6 Å². The average molecular weight is 280 g/mol. The number of hydrogen-bond donors (Lipinski definition) is 0. The van der Waals surface area contributed by atoms with Crippen LogP contribution < -0.4 is 4.90 Å². The Kier molecular flexibility index (Phi) is 4.20. The van der Waals surface area contributed by atoms with Gasteiger partial charge in [-0.05, 0) is 18.2 Å². The van der Waals surface area contributed by atoms with Crippen molar-refractivity contribution in [2.45, 2.75) is 6.92 Å². The van der Waals surface area contributed by atoms with E-state index in [4.69, 9.17) is 11.6 Å². The first kappa shape index (κ1) is 13.6. The standard InChI is InChI=1S/C13H14ClN3O2/c1-10(19)16-4-6-17(7-5-16)13-3-2-11(15-9-18)8-12(13)14/h2-3,8H,4-7H2,1H3. The predicted molar refractivity (Wildman–Crippen MR) is 73.7 cm³/mol. The fraction of sp³-hybridized carbons (Fsp3) is 0.385. The van der Waals surface area contributed by atoms with Gasteiger partial charge < -0.3 is 9.80 Å². The molecular formula is C13H14ClN3O2. The maximum Gasteiger partial charge on any atom is 0.240 e. The van der Waals surface area contributed by atoms with Crippen molar-refractivity contribution in [2.75, 3.05) is 31.1 Å². The van der Waals surface area contributed by atoms with Gasteiger partial charge in [0, 0.05) is 33.1 Å². The van der Waals surface area contributed by atoms with Crippen molar-refractivity contribution in [1.29, 1.82) is 0 Å². The molecule has 0 atom stereocenters. The van der Waals surface area contributed by atoms with Crippen molar-refractivity contribution >= 4 is 35.0 Å². The van der Waals surface area contributed by atoms with E-state index in [0.29, 0.717) is 23.8 Å². The number of nitrogens with zero attached hydrogens (tertiary/aromatic N) is 3. The number of hydrogen-bond acceptors (Lipinski definition) is 4. The molecule has 1 aromatic rings. The van der Waals surface area contributed by atoms with Crippen LogP contribution in [-0.4, -0.2) is 43.1 Å². The summed E-state index contributed by atoms with van der Waals surface area (Å²) in [6.45, 7) is 4.46. The number of carbonyl (C=O) groups excluding carboxylic acids is 2. The third kappa shape index (κ3) is 3.13. The zero-order valence-corrected chi connectivity index (χ0v) is 11.4. The summed E-state index contributed by atoms with van der Waals surface area (Å²) >= 11 is 6.19. The highest BCUT2D eigenvalue weighted by atomic mass is 35.5. The molecule has 0 saturated carbocycles. The molecule has 0 N–H and O–H groups in total. The summed E-state index contributed by atoms with van der Waals surface area (Å²) in [5.41, 5.74) is 1.39. The van der Waals surface area contributed by atoms with E-state index >= 15 is 0 Å². The van der Waals surface area contributed by atoms with Crippen LogP contribution in [0.2, 0.25) is 5.02 Å². The van der Waals surface area contributed by atoms with E-state index in [-0.39, 0.29) is 5.91 Å². The second-order valence-electron chi connectivity index (χ2n) is 4.33. The van der Waals surface area contributed by atoms with Gasteiger partial charge >= 0.3 is 0 Å². The second kappa shape index (κ2) is 5.87. The van der Waals surface area contributed by atoms with Gasteiger partial charge in [-0.15, -0.1) is 0 Å². The Bertz CT molecular complexity index is 533. The van der Waals surface area contributed by atoms with Crippen LogP contribution in [0, 0.1) is 0 Å². The molecule has 1 saturated heterocycles. The first-order chi connectivity index (χ1) is 9.11. The quantitative estimate of drug-likeness (QED) is 0.614. The molecule has 0 bridgehead atoms. The number of benzene rings is 1. The Morgan fingerprint density at radius 2 is 2.00 bits per heavy atom. The summed E-state index contributed by atoms with van der Waals surface area (Å²) in [5.74, 6) is 0.0985. The van der Waals surface area contributed by atoms with Crippen LogP contribution in [0.4, 0.5) is 11.4 Å². The number of isocyanates is 1. The van der Waals surface area contributed by atoms with E-state index in [1.807, 2.05) is 11.0 Å². The summed E-state index contributed by atoms with van der Waals surface area (Å²) in [6, 6.07) is 5.20. The fourth-order valence-corrected chi connectivity index (χ4v) is 2.43. The van der Waals surface area contributed by atoms with Gasteiger partial charge in [-0.3, -0.25) is 4.79 Å². The summed E-state index contributed by atoms with van der Waals surface area (Å²) < 4.78 is 0. The van der Waals surface area contributed by atoms with Gasteiger partial charge in [-0.25, -0.2) is 4.79 Å². The summed E-state index contributed by atoms with van der Waals surface area (Å²) in [4.78, 5) is 28.9. The highest BCUT2D eigenvalue weighted by Crippen LogP contribution is 2.30. The average Bonchev–Trinajstić information content (AvgIpc) is 2.39. The van der Waals surface area contributed by atoms with Crippen LogP contribution in [0.1, 0.15) is 6.92 Å². The maximum atomic E-state index is 11.3. The van der Waals surface area contributed by atoms with Crippen molar-refractivity contribution in [1.82, 2.24) is 4.90 Å². The van der Waals surface area contributed by atoms with E-state index in [1.165, 1.54) is 6.08 Å². The molecule has 6 heteroatoms. The maximum absolute atomic E-state index is 11.3. The van der Waals surface area contributed by atoms with Gasteiger partial charge in [-0.1, -0.05) is 11.6 Å². The fourth-order valence-electron chi connectivity index (χ4n) is 2.14. The minimum absolute atomic E-state index is 0.0985. The molecule has 2 rings (SSSR count). The topological polar surface area (TPSA) is 53.0 Å². The van der Waals surface area contributed by atoms with Gasteiger partial charge in [0.2, 0.25) is 12.0 Å². The lowest BCUT2D eigenvalue weighted by molar-refractivity contribution is -0.129. The molecule has 1 heterocycles. The lowest BCUT2D eigenvalue weighted by Crippen LogP contribution is -2.48. The third-order valence-corrected chi connectivity index (χ3v) is 3.47. The molecule has 0 radical (unpaired) electrons. The van der Waals surface area contributed by atoms with Gasteiger partial charge in [-0.2, -0.15) is 4.99 Å². The van der Waals surface area contributed by atoms with E-state index in [2.05, 4.69) is 9.89 Å². The van der Waals surface area contributed by atoms with Crippen LogP contribution in [0.3, 0.4) is 0 Å². The molecule has 19 heavy (non-hydrogen) atoms. The molecule has 1 fully saturated rings. The monoisotopic (exact) mass is 279 g/mol. The number of carbonyl (C=O) groups is 1. The van der Waals surface area contributed by atoms with Crippen molar-refractivity contribution < 1.29 is 9.59 Å². The number of anilines is 1. The Morgan fingerprint density at radius 3 is 2.53 bits per heavy atom. The van der Waals surface area contributed by atoms with E-state index in [1.54, 1.807) is 19.1 Å². The first-order valence-corrected chi connectivity index (χ1v) is 6.37. The Hall–Kier alpha value is -1.84. The molecule has 1 amide bonds. The highest BCUT2D eigenvalue weighted by Gasteiger charge is 2.20. The zero-order chi connectivity index (χ0) is 13.8. The lowest BCUT2D eigenvalue weighted by atomic mass is 10.2. The van der Waals surface area contributed by atoms with E-state index < -0.39 is 0 Å². The largest absolute Gasteiger partial charge is 0.367 e. The van der Waals surface area contributed by atoms with Gasteiger partial charge in [0.1, 0.15) is 0 Å². The number of aliphatic imine (C=N–C) groups is 1. The van der Waals surface area contributed by atoms with Crippen LogP contribution in [0.25, 0.3) is 0 Å². The molecule has 0 aromatic heterocycles. The number of piperazine rings is 1. The molecule has 1 aliphatic heterocycles. The highest BCUT2D eigenvalue weighted by molar-refractivity contribution is 6.33. The minimum atomic E-state index is 0.0985. The van der Waals surface area contributed by atoms with E-state index in [0.717, 1.165) is 18.8 Å². The van der Waals surface area contributed by atoms with Crippen LogP contribution in [0.15, 0.2) is 23.2 Å². The molecule has 0 unspecified atom stereocenters. The van der Waals surface area contributed by atoms with Gasteiger partial charge in [0.25, 0.3) is 0 Å². The smallest absolute Gasteiger partial charge is 0.240 e. The zero-order valence-electron chi connectivity index (χ0n) is 10.6. The SMILES string of the molecule is CC(=O)N1CCN(c2ccc(N=C=O)cc2Cl)CC1. The predicted octanol–water partition coefficient (Wildman–Crippen LogP) is 1.98. The molecule has 5 nitrogen and oxygen atoms in total. The van der Waals surface area contributed by atoms with Gasteiger partial charge in [0.15, 0.2) is 0 Å². The molecule has 0 aliphatic carbocycles. The summed E-state index contributed by atoms with van der Waals surface area (Å²) in [5, 5.41) is 0.549. The van der Waals surface area contributed by atoms with Crippen LogP contribution in [0.5, 0.6) is 0 Å². The summed E-state index contributed by atoms with van der Waals surface area (Å²) in [7, 11) is 0. The summed E-state index contributed by atoms with van der Waals surface area (Å²) in [6.07, 6.45) is 1.49. The Balaban J connectivity index is 2.11. The number of rotatable bonds is 2. The lowest BCUT2D eigenvalue weighted by Gasteiger charge is -2.36. The number of halogens is 1. The first-order valence-electron chi connectivity index (χ1n) is 5.99. The third-order valence-electron chi connectivity index (χ3n) is 3.17. The van der Waals surface area contributed by atoms with Crippen molar-refractivity contribution in [3.05, 3.63) is 23.2 Å². The second-order valence-corrected chi connectivity index (χ2v) is 4.74. The normalized spacial score (nSPS) is 15.1.